The summed E-state index contributed by atoms with van der Waals surface area (Å²) in [4.78, 5) is 3.28. The number of rotatable bonds is 3. The van der Waals surface area contributed by atoms with E-state index in [-0.39, 0.29) is 16.1 Å². The van der Waals surface area contributed by atoms with Gasteiger partial charge in [-0.1, -0.05) is 6.07 Å². The van der Waals surface area contributed by atoms with E-state index in [2.05, 4.69) is 9.71 Å². The molecule has 0 aliphatic carbocycles. The quantitative estimate of drug-likeness (QED) is 0.942. The fourth-order valence-electron chi connectivity index (χ4n) is 1.54. The highest BCUT2D eigenvalue weighted by molar-refractivity contribution is 7.92. The van der Waals surface area contributed by atoms with Crippen molar-refractivity contribution < 1.29 is 17.2 Å². The van der Waals surface area contributed by atoms with Gasteiger partial charge in [0, 0.05) is 11.8 Å². The highest BCUT2D eigenvalue weighted by Crippen LogP contribution is 2.22. The number of aromatic nitrogens is 1. The Bertz CT molecular complexity index is 717. The van der Waals surface area contributed by atoms with Crippen LogP contribution in [0, 0.1) is 18.6 Å². The molecular weight excluding hydrogens is 274 g/mol. The number of anilines is 1. The summed E-state index contributed by atoms with van der Waals surface area (Å²) in [7, 11) is -4.05. The zero-order valence-corrected chi connectivity index (χ0v) is 10.7. The number of nitrogens with one attached hydrogen (secondary N) is 1. The summed E-state index contributed by atoms with van der Waals surface area (Å²) < 4.78 is 52.9. The summed E-state index contributed by atoms with van der Waals surface area (Å²) in [5.74, 6) is -1.45. The second kappa shape index (κ2) is 4.93. The maximum Gasteiger partial charge on any atom is 0.262 e. The minimum atomic E-state index is -4.05. The van der Waals surface area contributed by atoms with Crippen molar-refractivity contribution in [3.8, 4) is 0 Å². The van der Waals surface area contributed by atoms with Crippen LogP contribution in [-0.2, 0) is 10.0 Å². The maximum absolute atomic E-state index is 13.4. The molecule has 0 aliphatic heterocycles. The van der Waals surface area contributed by atoms with Gasteiger partial charge in [0.25, 0.3) is 10.0 Å². The van der Waals surface area contributed by atoms with Gasteiger partial charge in [-0.15, -0.1) is 0 Å². The molecule has 0 fully saturated rings. The van der Waals surface area contributed by atoms with E-state index in [9.17, 15) is 17.2 Å². The summed E-state index contributed by atoms with van der Waals surface area (Å²) in [6.07, 6.45) is 2.13. The zero-order valence-electron chi connectivity index (χ0n) is 9.89. The minimum Gasteiger partial charge on any atom is -0.277 e. The molecule has 2 rings (SSSR count). The van der Waals surface area contributed by atoms with E-state index in [1.807, 2.05) is 0 Å². The Morgan fingerprint density at radius 2 is 1.89 bits per heavy atom. The lowest BCUT2D eigenvalue weighted by atomic mass is 10.2. The molecule has 0 saturated carbocycles. The van der Waals surface area contributed by atoms with Crippen molar-refractivity contribution >= 4 is 15.7 Å². The van der Waals surface area contributed by atoms with Crippen molar-refractivity contribution in [3.63, 3.8) is 0 Å². The number of hydrogen-bond donors (Lipinski definition) is 1. The van der Waals surface area contributed by atoms with Crippen LogP contribution < -0.4 is 4.72 Å². The Kier molecular flexibility index (Phi) is 3.48. The smallest absolute Gasteiger partial charge is 0.262 e. The summed E-state index contributed by atoms with van der Waals surface area (Å²) in [5.41, 5.74) is -0.261. The average Bonchev–Trinajstić information content (AvgIpc) is 2.35. The summed E-state index contributed by atoms with van der Waals surface area (Å²) >= 11 is 0. The first kappa shape index (κ1) is 13.4. The molecule has 1 aromatic carbocycles. The second-order valence-electron chi connectivity index (χ2n) is 3.82. The van der Waals surface area contributed by atoms with Gasteiger partial charge in [0.15, 0.2) is 5.82 Å². The molecule has 0 bridgehead atoms. The van der Waals surface area contributed by atoms with Crippen molar-refractivity contribution in [2.75, 3.05) is 4.72 Å². The van der Waals surface area contributed by atoms with Crippen LogP contribution in [0.4, 0.5) is 14.5 Å². The predicted octanol–water partition coefficient (Wildman–Crippen LogP) is 2.47. The molecule has 7 heteroatoms. The maximum atomic E-state index is 13.4. The Balaban J connectivity index is 2.44. The van der Waals surface area contributed by atoms with E-state index in [4.69, 9.17) is 0 Å². The Labute approximate surface area is 109 Å². The molecule has 0 spiro atoms. The van der Waals surface area contributed by atoms with Gasteiger partial charge in [0.2, 0.25) is 0 Å². The van der Waals surface area contributed by atoms with E-state index in [1.165, 1.54) is 31.3 Å². The van der Waals surface area contributed by atoms with E-state index in [0.717, 1.165) is 12.3 Å². The highest BCUT2D eigenvalue weighted by Gasteiger charge is 2.20. The first-order valence-corrected chi connectivity index (χ1v) is 6.77. The van der Waals surface area contributed by atoms with Crippen LogP contribution >= 0.6 is 0 Å². The molecule has 100 valence electrons. The van der Waals surface area contributed by atoms with Crippen LogP contribution in [0.25, 0.3) is 0 Å². The lowest BCUT2D eigenvalue weighted by molar-refractivity contribution is 0.589. The highest BCUT2D eigenvalue weighted by atomic mass is 32.2. The largest absolute Gasteiger partial charge is 0.277 e. The third-order valence-electron chi connectivity index (χ3n) is 2.52. The Morgan fingerprint density at radius 1 is 1.16 bits per heavy atom. The zero-order chi connectivity index (χ0) is 14.0. The number of nitrogens with zero attached hydrogens (tertiary/aromatic N) is 1. The lowest BCUT2D eigenvalue weighted by Crippen LogP contribution is -2.15. The van der Waals surface area contributed by atoms with Crippen molar-refractivity contribution in [3.05, 3.63) is 53.9 Å². The summed E-state index contributed by atoms with van der Waals surface area (Å²) in [6.45, 7) is 1.34. The van der Waals surface area contributed by atoms with Crippen LogP contribution in [0.2, 0.25) is 0 Å². The molecule has 0 amide bonds. The van der Waals surface area contributed by atoms with E-state index in [0.29, 0.717) is 0 Å². The van der Waals surface area contributed by atoms with Gasteiger partial charge in [-0.3, -0.25) is 9.71 Å². The molecule has 0 saturated heterocycles. The topological polar surface area (TPSA) is 59.1 Å². The van der Waals surface area contributed by atoms with Gasteiger partial charge in [0.1, 0.15) is 5.82 Å². The van der Waals surface area contributed by atoms with E-state index >= 15 is 0 Å². The fourth-order valence-corrected chi connectivity index (χ4v) is 2.86. The van der Waals surface area contributed by atoms with Crippen molar-refractivity contribution in [2.45, 2.75) is 11.8 Å². The molecule has 1 aromatic heterocycles. The van der Waals surface area contributed by atoms with Gasteiger partial charge in [-0.2, -0.15) is 0 Å². The van der Waals surface area contributed by atoms with Crippen LogP contribution in [0.5, 0.6) is 0 Å². The second-order valence-corrected chi connectivity index (χ2v) is 5.47. The van der Waals surface area contributed by atoms with Crippen LogP contribution in [-0.4, -0.2) is 13.4 Å². The minimum absolute atomic E-state index is 0.0236. The van der Waals surface area contributed by atoms with Gasteiger partial charge in [-0.25, -0.2) is 17.2 Å². The molecule has 0 aliphatic rings. The fraction of sp³-hybridized carbons (Fsp3) is 0.0833. The molecule has 0 unspecified atom stereocenters. The van der Waals surface area contributed by atoms with Gasteiger partial charge >= 0.3 is 0 Å². The molecular formula is C12H10F2N2O2S. The Morgan fingerprint density at radius 3 is 2.58 bits per heavy atom. The van der Waals surface area contributed by atoms with Gasteiger partial charge in [0.05, 0.1) is 16.8 Å². The number of halogens is 2. The molecule has 1 heterocycles. The third-order valence-corrected chi connectivity index (χ3v) is 4.03. The molecule has 0 atom stereocenters. The average molecular weight is 284 g/mol. The molecule has 4 nitrogen and oxygen atoms in total. The summed E-state index contributed by atoms with van der Waals surface area (Å²) in [5, 5.41) is 0. The predicted molar refractivity (Wildman–Crippen MR) is 66.1 cm³/mol. The number of hydrogen-bond acceptors (Lipinski definition) is 3. The molecule has 1 N–H and O–H groups in total. The number of sulfonamides is 1. The van der Waals surface area contributed by atoms with Crippen molar-refractivity contribution in [1.82, 2.24) is 4.98 Å². The first-order chi connectivity index (χ1) is 8.92. The van der Waals surface area contributed by atoms with Crippen LogP contribution in [0.1, 0.15) is 5.56 Å². The van der Waals surface area contributed by atoms with Gasteiger partial charge in [-0.05, 0) is 25.1 Å². The van der Waals surface area contributed by atoms with E-state index < -0.39 is 21.7 Å². The SMILES string of the molecule is Cc1c(F)cccc1S(=O)(=O)Nc1ccncc1F. The van der Waals surface area contributed by atoms with Crippen molar-refractivity contribution in [2.24, 2.45) is 0 Å². The number of benzene rings is 1. The monoisotopic (exact) mass is 284 g/mol. The normalized spacial score (nSPS) is 11.3. The molecule has 2 aromatic rings. The lowest BCUT2D eigenvalue weighted by Gasteiger charge is -2.10. The Hall–Kier alpha value is -2.02. The van der Waals surface area contributed by atoms with Crippen LogP contribution in [0.15, 0.2) is 41.6 Å². The third kappa shape index (κ3) is 2.70. The molecule has 19 heavy (non-hydrogen) atoms. The van der Waals surface area contributed by atoms with Crippen LogP contribution in [0.3, 0.4) is 0 Å². The first-order valence-electron chi connectivity index (χ1n) is 5.29. The molecule has 0 radical (unpaired) electrons. The number of pyridine rings is 1. The van der Waals surface area contributed by atoms with Gasteiger partial charge < -0.3 is 0 Å². The standard InChI is InChI=1S/C12H10F2N2O2S/c1-8-9(13)3-2-4-12(8)19(17,18)16-11-5-6-15-7-10(11)14/h2-7H,1H3,(H,15,16). The van der Waals surface area contributed by atoms with E-state index in [1.54, 1.807) is 0 Å². The van der Waals surface area contributed by atoms with Crippen molar-refractivity contribution in [1.29, 1.82) is 0 Å². The summed E-state index contributed by atoms with van der Waals surface area (Å²) in [6, 6.07) is 4.86.